The van der Waals surface area contributed by atoms with E-state index in [1.807, 2.05) is 84.9 Å². The van der Waals surface area contributed by atoms with E-state index in [1.165, 1.54) is 9.37 Å². The Morgan fingerprint density at radius 1 is 0.556 bits per heavy atom. The summed E-state index contributed by atoms with van der Waals surface area (Å²) in [7, 11) is 0. The van der Waals surface area contributed by atoms with Crippen molar-refractivity contribution >= 4 is 46.9 Å². The van der Waals surface area contributed by atoms with E-state index in [9.17, 15) is 0 Å². The highest BCUT2D eigenvalue weighted by Gasteiger charge is 2.11. The van der Waals surface area contributed by atoms with Gasteiger partial charge >= 0.3 is 0 Å². The molecule has 0 fully saturated rings. The molecular formula is C35H38N8O2+2. The van der Waals surface area contributed by atoms with Crippen LogP contribution in [-0.2, 0) is 0 Å². The number of imidazole rings is 2. The van der Waals surface area contributed by atoms with E-state index in [-0.39, 0.29) is 0 Å². The number of hydrogen-bond donors (Lipinski definition) is 4. The summed E-state index contributed by atoms with van der Waals surface area (Å²) in [4.78, 5) is 16.1. The number of aromatic nitrogens is 4. The van der Waals surface area contributed by atoms with Crippen molar-refractivity contribution in [1.82, 2.24) is 19.9 Å². The van der Waals surface area contributed by atoms with Gasteiger partial charge in [0.25, 0.3) is 0 Å². The number of unbranched alkanes of at least 4 members (excludes halogenated alkanes) is 4. The van der Waals surface area contributed by atoms with Crippen LogP contribution in [0.25, 0.3) is 44.8 Å². The van der Waals surface area contributed by atoms with Crippen LogP contribution >= 0.6 is 0 Å². The Morgan fingerprint density at radius 2 is 0.956 bits per heavy atom. The molecule has 2 heterocycles. The zero-order chi connectivity index (χ0) is 31.2. The number of nitrogens with two attached hydrogens (primary N) is 2. The molecule has 6 rings (SSSR count). The number of aromatic amines is 2. The van der Waals surface area contributed by atoms with Gasteiger partial charge in [0.05, 0.1) is 35.3 Å². The fraction of sp³-hybridized carbons (Fsp3) is 0.200. The SMILES string of the molecule is C=[N+](N)c1ccc2nc(-c3ccc(OCCCCCCCOc4ccc(-c5nc6ccc([N+](=C)N)cc6[nH]5)cc4)cc3)[nH]c2c1. The molecule has 0 spiro atoms. The van der Waals surface area contributed by atoms with Gasteiger partial charge in [0.15, 0.2) is 13.4 Å². The van der Waals surface area contributed by atoms with Crippen molar-refractivity contribution in [3.8, 4) is 34.3 Å². The molecule has 0 saturated carbocycles. The number of hydrazone groups is 2. The number of benzene rings is 4. The Labute approximate surface area is 261 Å². The van der Waals surface area contributed by atoms with Crippen molar-refractivity contribution in [1.29, 1.82) is 0 Å². The summed E-state index contributed by atoms with van der Waals surface area (Å²) < 4.78 is 14.6. The molecule has 4 aromatic carbocycles. The average molecular weight is 603 g/mol. The molecular weight excluding hydrogens is 564 g/mol. The van der Waals surface area contributed by atoms with E-state index < -0.39 is 0 Å². The van der Waals surface area contributed by atoms with Gasteiger partial charge in [-0.3, -0.25) is 0 Å². The third kappa shape index (κ3) is 7.13. The number of nitrogens with zero attached hydrogens (tertiary/aromatic N) is 4. The minimum Gasteiger partial charge on any atom is -0.494 e. The first-order valence-corrected chi connectivity index (χ1v) is 15.1. The number of hydrogen-bond acceptors (Lipinski definition) is 6. The molecule has 0 bridgehead atoms. The molecule has 0 aliphatic rings. The quantitative estimate of drug-likeness (QED) is 0.0364. The molecule has 6 aromatic rings. The second-order valence-electron chi connectivity index (χ2n) is 11.0. The molecule has 0 aliphatic carbocycles. The highest BCUT2D eigenvalue weighted by atomic mass is 16.5. The van der Waals surface area contributed by atoms with Gasteiger partial charge in [-0.25, -0.2) is 21.7 Å². The summed E-state index contributed by atoms with van der Waals surface area (Å²) in [5.74, 6) is 14.8. The van der Waals surface area contributed by atoms with Gasteiger partial charge in [0.2, 0.25) is 11.4 Å². The van der Waals surface area contributed by atoms with Crippen LogP contribution < -0.4 is 21.2 Å². The highest BCUT2D eigenvalue weighted by Crippen LogP contribution is 2.26. The molecule has 0 unspecified atom stereocenters. The van der Waals surface area contributed by atoms with Crippen LogP contribution in [0.3, 0.4) is 0 Å². The first-order chi connectivity index (χ1) is 21.9. The zero-order valence-corrected chi connectivity index (χ0v) is 25.2. The minimum atomic E-state index is 0.698. The average Bonchev–Trinajstić information content (AvgIpc) is 3.68. The van der Waals surface area contributed by atoms with Crippen LogP contribution in [0.1, 0.15) is 32.1 Å². The van der Waals surface area contributed by atoms with Crippen molar-refractivity contribution in [2.24, 2.45) is 11.7 Å². The molecule has 0 amide bonds. The van der Waals surface area contributed by atoms with Gasteiger partial charge in [-0.15, -0.1) is 0 Å². The van der Waals surface area contributed by atoms with Gasteiger partial charge < -0.3 is 19.4 Å². The van der Waals surface area contributed by atoms with Gasteiger partial charge in [0.1, 0.15) is 23.1 Å². The number of hydrazine groups is 2. The molecule has 10 nitrogen and oxygen atoms in total. The molecule has 0 atom stereocenters. The highest BCUT2D eigenvalue weighted by molar-refractivity contribution is 5.82. The van der Waals surface area contributed by atoms with Crippen molar-refractivity contribution in [2.75, 3.05) is 13.2 Å². The molecule has 45 heavy (non-hydrogen) atoms. The van der Waals surface area contributed by atoms with Crippen LogP contribution in [0.15, 0.2) is 84.9 Å². The monoisotopic (exact) mass is 602 g/mol. The lowest BCUT2D eigenvalue weighted by atomic mass is 10.1. The Bertz CT molecular complexity index is 1800. The number of fused-ring (bicyclic) bond motifs is 2. The second-order valence-corrected chi connectivity index (χ2v) is 11.0. The summed E-state index contributed by atoms with van der Waals surface area (Å²) in [6, 6.07) is 27.5. The van der Waals surface area contributed by atoms with Gasteiger partial charge in [-0.1, -0.05) is 28.6 Å². The standard InChI is InChI=1S/C35H38N8O2/c1-42(36)26-12-18-30-32(22-26)40-34(38-30)24-8-14-28(15-9-24)44-20-6-4-3-5-7-21-45-29-16-10-25(11-17-29)35-39-31-19-13-27(43(2)37)23-33(31)41-35/h8-19,22-23H,1-7,20-21,36-37H2,(H,38,40)(H,39,41)/q+2. The first-order valence-electron chi connectivity index (χ1n) is 15.1. The minimum absolute atomic E-state index is 0.698. The molecule has 0 saturated heterocycles. The topological polar surface area (TPSA) is 134 Å². The maximum absolute atomic E-state index is 5.96. The van der Waals surface area contributed by atoms with E-state index in [0.717, 1.165) is 99.8 Å². The zero-order valence-electron chi connectivity index (χ0n) is 25.2. The predicted octanol–water partition coefficient (Wildman–Crippen LogP) is 6.62. The maximum atomic E-state index is 5.96. The van der Waals surface area contributed by atoms with Gasteiger partial charge in [-0.2, -0.15) is 0 Å². The van der Waals surface area contributed by atoms with E-state index in [4.69, 9.17) is 21.2 Å². The Balaban J connectivity index is 0.867. The molecule has 2 aromatic heterocycles. The normalized spacial score (nSPS) is 11.2. The molecule has 228 valence electrons. The van der Waals surface area contributed by atoms with E-state index in [1.54, 1.807) is 0 Å². The van der Waals surface area contributed by atoms with E-state index in [0.29, 0.717) is 13.2 Å². The van der Waals surface area contributed by atoms with Gasteiger partial charge in [-0.05, 0) is 73.5 Å². The lowest BCUT2D eigenvalue weighted by molar-refractivity contribution is -0.442. The van der Waals surface area contributed by atoms with Crippen LogP contribution in [0.4, 0.5) is 11.4 Å². The third-order valence-corrected chi connectivity index (χ3v) is 7.68. The van der Waals surface area contributed by atoms with Crippen LogP contribution in [0.5, 0.6) is 11.5 Å². The smallest absolute Gasteiger partial charge is 0.236 e. The van der Waals surface area contributed by atoms with Crippen molar-refractivity contribution in [2.45, 2.75) is 32.1 Å². The van der Waals surface area contributed by atoms with Crippen molar-refractivity contribution in [3.05, 3.63) is 84.9 Å². The summed E-state index contributed by atoms with van der Waals surface area (Å²) >= 11 is 0. The van der Waals surface area contributed by atoms with Crippen molar-refractivity contribution in [3.63, 3.8) is 0 Å². The molecule has 0 radical (unpaired) electrons. The lowest BCUT2D eigenvalue weighted by Crippen LogP contribution is -2.09. The summed E-state index contributed by atoms with van der Waals surface area (Å²) in [6.07, 6.45) is 5.43. The second kappa shape index (κ2) is 13.3. The first kappa shape index (κ1) is 29.4. The third-order valence-electron chi connectivity index (χ3n) is 7.68. The Hall–Kier alpha value is -5.64. The number of H-pyrrole nitrogens is 2. The number of rotatable bonds is 14. The largest absolute Gasteiger partial charge is 0.494 e. The maximum Gasteiger partial charge on any atom is 0.236 e. The van der Waals surface area contributed by atoms with Gasteiger partial charge in [0, 0.05) is 35.4 Å². The summed E-state index contributed by atoms with van der Waals surface area (Å²) in [5, 5.41) is 0. The Morgan fingerprint density at radius 3 is 1.36 bits per heavy atom. The summed E-state index contributed by atoms with van der Waals surface area (Å²) in [5.41, 5.74) is 7.21. The number of nitrogens with one attached hydrogen (secondary N) is 2. The van der Waals surface area contributed by atoms with E-state index in [2.05, 4.69) is 33.4 Å². The fourth-order valence-electron chi connectivity index (χ4n) is 5.16. The molecule has 6 N–H and O–H groups in total. The van der Waals surface area contributed by atoms with Crippen LogP contribution in [0.2, 0.25) is 0 Å². The number of ether oxygens (including phenoxy) is 2. The molecule has 0 aliphatic heterocycles. The Kier molecular flexibility index (Phi) is 8.72. The van der Waals surface area contributed by atoms with Crippen LogP contribution in [-0.4, -0.2) is 56.0 Å². The van der Waals surface area contributed by atoms with Crippen molar-refractivity contribution < 1.29 is 18.8 Å². The summed E-state index contributed by atoms with van der Waals surface area (Å²) in [6.45, 7) is 8.84. The molecule has 10 heteroatoms. The van der Waals surface area contributed by atoms with E-state index >= 15 is 0 Å². The lowest BCUT2D eigenvalue weighted by Gasteiger charge is -2.08. The van der Waals surface area contributed by atoms with Crippen LogP contribution in [0, 0.1) is 0 Å². The predicted molar refractivity (Wildman–Crippen MR) is 180 cm³/mol. The fourth-order valence-corrected chi connectivity index (χ4v) is 5.16.